The van der Waals surface area contributed by atoms with Crippen molar-refractivity contribution in [1.82, 2.24) is 0 Å². The number of unbranched alkanes of at least 4 members (excludes halogenated alkanes) is 22. The van der Waals surface area contributed by atoms with Gasteiger partial charge in [-0.3, -0.25) is 0 Å². The van der Waals surface area contributed by atoms with Gasteiger partial charge >= 0.3 is 0 Å². The summed E-state index contributed by atoms with van der Waals surface area (Å²) in [4.78, 5) is 12.0. The molecule has 0 bridgehead atoms. The largest absolute Gasteiger partial charge is 0.682 e. The molecule has 0 spiro atoms. The molecule has 0 aliphatic heterocycles. The maximum atomic E-state index is 12.0. The fraction of sp³-hybridized carbons (Fsp3) is 0.824. The van der Waals surface area contributed by atoms with Crippen LogP contribution in [0.4, 0.5) is 0 Å². The van der Waals surface area contributed by atoms with Crippen LogP contribution in [0.1, 0.15) is 179 Å². The Kier molecular flexibility index (Phi) is 24.6. The average molecular weight is 597 g/mol. The van der Waals surface area contributed by atoms with Crippen LogP contribution in [0.5, 0.6) is 5.75 Å². The van der Waals surface area contributed by atoms with Crippen molar-refractivity contribution in [3.8, 4) is 5.75 Å². The van der Waals surface area contributed by atoms with E-state index in [0.717, 1.165) is 24.8 Å². The van der Waals surface area contributed by atoms with E-state index in [1.54, 1.807) is 0 Å². The quantitative estimate of drug-likeness (QED) is 0.0547. The minimum Gasteiger partial charge on any atom is -0.682 e. The third kappa shape index (κ3) is 23.4. The predicted octanol–water partition coefficient (Wildman–Crippen LogP) is 11.7. The summed E-state index contributed by atoms with van der Waals surface area (Å²) in [6.07, 6.45) is 31.3. The number of aryl methyl sites for hydroxylation is 2. The molecule has 0 fully saturated rings. The molecule has 0 heterocycles. The van der Waals surface area contributed by atoms with E-state index >= 15 is 0 Å². The predicted molar refractivity (Wildman–Crippen MR) is 178 cm³/mol. The van der Waals surface area contributed by atoms with Crippen molar-refractivity contribution in [3.05, 3.63) is 29.3 Å². The zero-order chi connectivity index (χ0) is 28.4. The van der Waals surface area contributed by atoms with Gasteiger partial charge in [-0.05, 0) is 42.9 Å². The Morgan fingerprint density at radius 3 is 1.28 bits per heavy atom. The Hall–Kier alpha value is 0.110. The summed E-state index contributed by atoms with van der Waals surface area (Å²) in [6.45, 7) is 4.56. The standard InChI is InChI=1S/C34H63O2PS2/c1-3-5-7-9-11-13-15-17-19-21-23-25-27-32-29-30-34(36-37(35,38)39)33(31-32)28-26-24-22-20-18-16-14-12-10-8-6-4-2/h29-31H,3-28H2,1-2H3,(H2,35,38,39)/p-2. The van der Waals surface area contributed by atoms with Gasteiger partial charge in [-0.2, -0.15) is 0 Å². The molecule has 0 N–H and O–H groups in total. The summed E-state index contributed by atoms with van der Waals surface area (Å²) in [5.74, 6) is 0.643. The Bertz CT molecular complexity index is 678. The van der Waals surface area contributed by atoms with Crippen LogP contribution in [0, 0.1) is 0 Å². The molecule has 0 aromatic heterocycles. The van der Waals surface area contributed by atoms with E-state index in [1.165, 1.54) is 153 Å². The first-order valence-electron chi connectivity index (χ1n) is 16.8. The summed E-state index contributed by atoms with van der Waals surface area (Å²) >= 11 is 9.80. The molecule has 0 saturated heterocycles. The monoisotopic (exact) mass is 596 g/mol. The lowest BCUT2D eigenvalue weighted by Crippen LogP contribution is -2.10. The van der Waals surface area contributed by atoms with Crippen LogP contribution in [0.15, 0.2) is 18.2 Å². The lowest BCUT2D eigenvalue weighted by atomic mass is 9.99. The first-order valence-corrected chi connectivity index (χ1v) is 20.4. The molecule has 0 radical (unpaired) electrons. The fourth-order valence-corrected chi connectivity index (χ4v) is 6.42. The number of benzene rings is 1. The van der Waals surface area contributed by atoms with E-state index < -0.39 is 6.12 Å². The van der Waals surface area contributed by atoms with Gasteiger partial charge in [0, 0.05) is 0 Å². The molecule has 228 valence electrons. The van der Waals surface area contributed by atoms with Crippen molar-refractivity contribution in [2.45, 2.75) is 181 Å². The lowest BCUT2D eigenvalue weighted by molar-refractivity contribution is -0.169. The van der Waals surface area contributed by atoms with Gasteiger partial charge in [0.2, 0.25) is 0 Å². The second-order valence-corrected chi connectivity index (χ2v) is 16.4. The van der Waals surface area contributed by atoms with E-state index in [0.29, 0.717) is 5.75 Å². The Morgan fingerprint density at radius 1 is 0.538 bits per heavy atom. The van der Waals surface area contributed by atoms with Gasteiger partial charge in [-0.15, -0.1) is 6.12 Å². The summed E-state index contributed by atoms with van der Waals surface area (Å²) in [5.41, 5.74) is 2.49. The smallest absolute Gasteiger partial charge is 0.170 e. The van der Waals surface area contributed by atoms with Gasteiger partial charge in [0.05, 0.1) is 0 Å². The molecule has 0 atom stereocenters. The van der Waals surface area contributed by atoms with Crippen LogP contribution in [0.3, 0.4) is 0 Å². The highest BCUT2D eigenvalue weighted by Gasteiger charge is 2.09. The second kappa shape index (κ2) is 25.8. The first kappa shape index (κ1) is 37.1. The van der Waals surface area contributed by atoms with Crippen molar-refractivity contribution >= 4 is 30.6 Å². The normalized spacial score (nSPS) is 11.8. The number of hydrogen-bond acceptors (Lipinski definition) is 4. The summed E-state index contributed by atoms with van der Waals surface area (Å²) in [5, 5.41) is 0. The maximum Gasteiger partial charge on any atom is 0.170 e. The molecule has 1 aromatic rings. The first-order chi connectivity index (χ1) is 19.0. The fourth-order valence-electron chi connectivity index (χ4n) is 5.52. The highest BCUT2D eigenvalue weighted by atomic mass is 33.1. The van der Waals surface area contributed by atoms with Crippen LogP contribution in [0.2, 0.25) is 0 Å². The van der Waals surface area contributed by atoms with Gasteiger partial charge in [0.25, 0.3) is 0 Å². The van der Waals surface area contributed by atoms with Gasteiger partial charge in [0.15, 0.2) is 5.75 Å². The topological polar surface area (TPSA) is 32.3 Å². The van der Waals surface area contributed by atoms with Gasteiger partial charge in [-0.1, -0.05) is 167 Å². The zero-order valence-electron chi connectivity index (χ0n) is 25.7. The average Bonchev–Trinajstić information content (AvgIpc) is 2.90. The van der Waals surface area contributed by atoms with E-state index in [4.69, 9.17) is 29.0 Å². The molecular formula is C34H61O2PS2-2. The van der Waals surface area contributed by atoms with E-state index in [1.807, 2.05) is 6.07 Å². The number of rotatable bonds is 28. The molecule has 2 nitrogen and oxygen atoms in total. The lowest BCUT2D eigenvalue weighted by Gasteiger charge is -2.42. The maximum absolute atomic E-state index is 12.0. The molecule has 0 unspecified atom stereocenters. The SMILES string of the molecule is CCCCCCCCCCCCCCc1ccc(O[P+]([O-])([S-])[S-])c(CCCCCCCCCCCCCC)c1. The molecule has 0 aliphatic carbocycles. The highest BCUT2D eigenvalue weighted by molar-refractivity contribution is 8.69. The third-order valence-corrected chi connectivity index (χ3v) is 8.82. The van der Waals surface area contributed by atoms with Crippen molar-refractivity contribution in [2.75, 3.05) is 0 Å². The summed E-state index contributed by atoms with van der Waals surface area (Å²) in [7, 11) is 0. The molecule has 5 heteroatoms. The molecular weight excluding hydrogens is 535 g/mol. The van der Waals surface area contributed by atoms with Crippen molar-refractivity contribution in [2.24, 2.45) is 0 Å². The van der Waals surface area contributed by atoms with Crippen molar-refractivity contribution < 1.29 is 9.42 Å². The Labute approximate surface area is 255 Å². The van der Waals surface area contributed by atoms with Crippen LogP contribution in [-0.4, -0.2) is 0 Å². The van der Waals surface area contributed by atoms with Crippen molar-refractivity contribution in [3.63, 3.8) is 0 Å². The molecule has 0 saturated carbocycles. The molecule has 39 heavy (non-hydrogen) atoms. The summed E-state index contributed by atoms with van der Waals surface area (Å²) < 4.78 is 5.55. The van der Waals surface area contributed by atoms with Crippen LogP contribution >= 0.6 is 6.12 Å². The minimum absolute atomic E-state index is 0.643. The molecule has 0 amide bonds. The Morgan fingerprint density at radius 2 is 0.897 bits per heavy atom. The van der Waals surface area contributed by atoms with E-state index in [9.17, 15) is 4.89 Å². The van der Waals surface area contributed by atoms with Crippen molar-refractivity contribution in [1.29, 1.82) is 0 Å². The molecule has 1 aromatic carbocycles. The number of hydrogen-bond donors (Lipinski definition) is 0. The molecule has 1 rings (SSSR count). The Balaban J connectivity index is 2.25. The van der Waals surface area contributed by atoms with Crippen LogP contribution < -0.4 is 9.42 Å². The van der Waals surface area contributed by atoms with Crippen LogP contribution in [-0.2, 0) is 37.3 Å². The van der Waals surface area contributed by atoms with Gasteiger partial charge in [0.1, 0.15) is 0 Å². The van der Waals surface area contributed by atoms with Gasteiger partial charge < -0.3 is 33.9 Å². The van der Waals surface area contributed by atoms with Crippen LogP contribution in [0.25, 0.3) is 0 Å². The third-order valence-electron chi connectivity index (χ3n) is 7.95. The van der Waals surface area contributed by atoms with E-state index in [-0.39, 0.29) is 0 Å². The van der Waals surface area contributed by atoms with Gasteiger partial charge in [-0.25, -0.2) is 0 Å². The molecule has 0 aliphatic rings. The highest BCUT2D eigenvalue weighted by Crippen LogP contribution is 2.47. The zero-order valence-corrected chi connectivity index (χ0v) is 28.2. The summed E-state index contributed by atoms with van der Waals surface area (Å²) in [6, 6.07) is 6.32. The van der Waals surface area contributed by atoms with E-state index in [2.05, 4.69) is 26.0 Å². The minimum atomic E-state index is -3.38. The second-order valence-electron chi connectivity index (χ2n) is 11.8.